The third-order valence-corrected chi connectivity index (χ3v) is 5.54. The van der Waals surface area contributed by atoms with Crippen molar-refractivity contribution in [3.8, 4) is 11.3 Å². The second kappa shape index (κ2) is 6.49. The largest absolute Gasteiger partial charge is 0.351 e. The molecule has 0 fully saturated rings. The van der Waals surface area contributed by atoms with Crippen molar-refractivity contribution in [2.75, 3.05) is 0 Å². The topological polar surface area (TPSA) is 60.9 Å². The molecule has 6 heteroatoms. The summed E-state index contributed by atoms with van der Waals surface area (Å²) in [5, 5.41) is 15.9. The summed E-state index contributed by atoms with van der Waals surface area (Å²) in [5.74, 6) is 0.816. The molecule has 0 aliphatic carbocycles. The lowest BCUT2D eigenvalue weighted by molar-refractivity contribution is 0.842. The van der Waals surface area contributed by atoms with Gasteiger partial charge in [0.1, 0.15) is 0 Å². The number of hydrogen-bond donors (Lipinski definition) is 0. The third-order valence-electron chi connectivity index (χ3n) is 5.54. The van der Waals surface area contributed by atoms with Crippen LogP contribution < -0.4 is 0 Å². The lowest BCUT2D eigenvalue weighted by Crippen LogP contribution is -2.01. The fourth-order valence-corrected chi connectivity index (χ4v) is 3.96. The molecule has 0 aliphatic heterocycles. The molecule has 6 nitrogen and oxygen atoms in total. The molecule has 6 aromatic rings. The van der Waals surface area contributed by atoms with Gasteiger partial charge in [0.2, 0.25) is 0 Å². The van der Waals surface area contributed by atoms with Gasteiger partial charge in [0.05, 0.1) is 11.2 Å². The molecular formula is C24H18N6. The molecule has 30 heavy (non-hydrogen) atoms. The van der Waals surface area contributed by atoms with Crippen LogP contribution in [0.3, 0.4) is 0 Å². The molecular weight excluding hydrogens is 372 g/mol. The van der Waals surface area contributed by atoms with E-state index in [4.69, 9.17) is 5.10 Å². The van der Waals surface area contributed by atoms with Gasteiger partial charge in [-0.1, -0.05) is 18.2 Å². The van der Waals surface area contributed by atoms with E-state index in [0.717, 1.165) is 39.2 Å². The van der Waals surface area contributed by atoms with Crippen LogP contribution >= 0.6 is 0 Å². The number of aryl methyl sites for hydroxylation is 1. The van der Waals surface area contributed by atoms with Gasteiger partial charge in [0.15, 0.2) is 11.5 Å². The Morgan fingerprint density at radius 2 is 1.83 bits per heavy atom. The van der Waals surface area contributed by atoms with Crippen LogP contribution in [-0.2, 0) is 13.5 Å². The number of hydrogen-bond acceptors (Lipinski definition) is 4. The third kappa shape index (κ3) is 2.73. The minimum absolute atomic E-state index is 0.653. The van der Waals surface area contributed by atoms with Crippen LogP contribution in [0.1, 0.15) is 11.4 Å². The first-order valence-corrected chi connectivity index (χ1v) is 9.85. The lowest BCUT2D eigenvalue weighted by atomic mass is 10.1. The zero-order valence-electron chi connectivity index (χ0n) is 16.4. The van der Waals surface area contributed by atoms with E-state index in [9.17, 15) is 0 Å². The van der Waals surface area contributed by atoms with E-state index in [1.807, 2.05) is 35.0 Å². The molecule has 2 aromatic carbocycles. The molecule has 4 heterocycles. The van der Waals surface area contributed by atoms with Gasteiger partial charge in [-0.05, 0) is 54.1 Å². The van der Waals surface area contributed by atoms with E-state index in [1.54, 1.807) is 0 Å². The monoisotopic (exact) mass is 390 g/mol. The van der Waals surface area contributed by atoms with Crippen molar-refractivity contribution < 1.29 is 0 Å². The summed E-state index contributed by atoms with van der Waals surface area (Å²) < 4.78 is 3.96. The highest BCUT2D eigenvalue weighted by molar-refractivity contribution is 5.85. The fourth-order valence-electron chi connectivity index (χ4n) is 3.96. The number of fused-ring (bicyclic) bond motifs is 3. The summed E-state index contributed by atoms with van der Waals surface area (Å²) in [6.07, 6.45) is 4.54. The standard InChI is InChI=1S/C24H18N6/c1-29-12-10-19-15-18(5-8-22(19)29)21-7-9-23-26-27-24(30(23)28-21)14-16-4-6-20-17(13-16)3-2-11-25-20/h2-13,15H,14H2,1H3. The average Bonchev–Trinajstić information content (AvgIpc) is 3.36. The summed E-state index contributed by atoms with van der Waals surface area (Å²) in [7, 11) is 2.05. The van der Waals surface area contributed by atoms with Gasteiger partial charge in [-0.15, -0.1) is 10.2 Å². The molecule has 0 radical (unpaired) electrons. The summed E-state index contributed by atoms with van der Waals surface area (Å²) in [6, 6.07) is 22.8. The molecule has 0 atom stereocenters. The molecule has 144 valence electrons. The average molecular weight is 390 g/mol. The van der Waals surface area contributed by atoms with Crippen LogP contribution in [0.5, 0.6) is 0 Å². The van der Waals surface area contributed by atoms with Crippen molar-refractivity contribution in [1.29, 1.82) is 0 Å². The summed E-state index contributed by atoms with van der Waals surface area (Å²) in [6.45, 7) is 0. The van der Waals surface area contributed by atoms with E-state index < -0.39 is 0 Å². The van der Waals surface area contributed by atoms with E-state index in [2.05, 4.69) is 75.5 Å². The maximum atomic E-state index is 4.85. The Labute approximate surface area is 172 Å². The van der Waals surface area contributed by atoms with Gasteiger partial charge in [-0.2, -0.15) is 9.61 Å². The number of nitrogens with zero attached hydrogens (tertiary/aromatic N) is 6. The summed E-state index contributed by atoms with van der Waals surface area (Å²) in [4.78, 5) is 4.39. The number of pyridine rings is 1. The Morgan fingerprint density at radius 1 is 0.867 bits per heavy atom. The molecule has 4 aromatic heterocycles. The van der Waals surface area contributed by atoms with Crippen LogP contribution in [0.2, 0.25) is 0 Å². The molecule has 0 unspecified atom stereocenters. The Bertz CT molecular complexity index is 1540. The molecule has 0 aliphatic rings. The first-order valence-electron chi connectivity index (χ1n) is 9.85. The van der Waals surface area contributed by atoms with Crippen molar-refractivity contribution in [3.05, 3.63) is 90.5 Å². The van der Waals surface area contributed by atoms with E-state index in [-0.39, 0.29) is 0 Å². The van der Waals surface area contributed by atoms with Gasteiger partial charge in [0, 0.05) is 47.7 Å². The molecule has 0 bridgehead atoms. The molecule has 6 rings (SSSR count). The minimum atomic E-state index is 0.653. The quantitative estimate of drug-likeness (QED) is 0.449. The zero-order chi connectivity index (χ0) is 20.1. The van der Waals surface area contributed by atoms with Gasteiger partial charge >= 0.3 is 0 Å². The molecule has 0 N–H and O–H groups in total. The minimum Gasteiger partial charge on any atom is -0.351 e. The first-order chi connectivity index (χ1) is 14.7. The highest BCUT2D eigenvalue weighted by atomic mass is 15.4. The SMILES string of the molecule is Cn1ccc2cc(-c3ccc4nnc(Cc5ccc6ncccc6c5)n4n3)ccc21. The van der Waals surface area contributed by atoms with Gasteiger partial charge in [0.25, 0.3) is 0 Å². The second-order valence-corrected chi connectivity index (χ2v) is 7.51. The fraction of sp³-hybridized carbons (Fsp3) is 0.0833. The van der Waals surface area contributed by atoms with Crippen LogP contribution in [0.25, 0.3) is 38.7 Å². The predicted molar refractivity (Wildman–Crippen MR) is 117 cm³/mol. The highest BCUT2D eigenvalue weighted by Crippen LogP contribution is 2.24. The predicted octanol–water partition coefficient (Wildman–Crippen LogP) is 4.42. The van der Waals surface area contributed by atoms with Gasteiger partial charge < -0.3 is 4.57 Å². The maximum absolute atomic E-state index is 4.85. The second-order valence-electron chi connectivity index (χ2n) is 7.51. The Kier molecular flexibility index (Phi) is 3.64. The van der Waals surface area contributed by atoms with Crippen LogP contribution in [-0.4, -0.2) is 29.4 Å². The van der Waals surface area contributed by atoms with Gasteiger partial charge in [-0.3, -0.25) is 4.98 Å². The van der Waals surface area contributed by atoms with E-state index in [0.29, 0.717) is 6.42 Å². The number of rotatable bonds is 3. The number of benzene rings is 2. The number of aromatic nitrogens is 6. The lowest BCUT2D eigenvalue weighted by Gasteiger charge is -2.05. The van der Waals surface area contributed by atoms with Crippen molar-refractivity contribution >= 4 is 27.5 Å². The molecule has 0 saturated carbocycles. The summed E-state index contributed by atoms with van der Waals surface area (Å²) >= 11 is 0. The van der Waals surface area contributed by atoms with E-state index in [1.165, 1.54) is 10.9 Å². The van der Waals surface area contributed by atoms with E-state index >= 15 is 0 Å². The maximum Gasteiger partial charge on any atom is 0.177 e. The van der Waals surface area contributed by atoms with Crippen LogP contribution in [0.4, 0.5) is 0 Å². The Hall–Kier alpha value is -4.06. The highest BCUT2D eigenvalue weighted by Gasteiger charge is 2.11. The Balaban J connectivity index is 1.40. The van der Waals surface area contributed by atoms with Crippen molar-refractivity contribution in [2.45, 2.75) is 6.42 Å². The van der Waals surface area contributed by atoms with Crippen LogP contribution in [0, 0.1) is 0 Å². The van der Waals surface area contributed by atoms with Crippen molar-refractivity contribution in [1.82, 2.24) is 29.4 Å². The summed E-state index contributed by atoms with van der Waals surface area (Å²) in [5.41, 5.74) is 6.07. The molecule has 0 saturated heterocycles. The van der Waals surface area contributed by atoms with Gasteiger partial charge in [-0.25, -0.2) is 0 Å². The van der Waals surface area contributed by atoms with Crippen molar-refractivity contribution in [3.63, 3.8) is 0 Å². The smallest absolute Gasteiger partial charge is 0.177 e. The normalized spacial score (nSPS) is 11.6. The first kappa shape index (κ1) is 16.9. The van der Waals surface area contributed by atoms with Crippen LogP contribution in [0.15, 0.2) is 79.1 Å². The van der Waals surface area contributed by atoms with Crippen molar-refractivity contribution in [2.24, 2.45) is 7.05 Å². The molecule has 0 spiro atoms. The zero-order valence-corrected chi connectivity index (χ0v) is 16.4. The molecule has 0 amide bonds. The Morgan fingerprint density at radius 3 is 2.80 bits per heavy atom.